The van der Waals surface area contributed by atoms with Crippen molar-refractivity contribution in [1.29, 1.82) is 5.26 Å². The molecule has 0 radical (unpaired) electrons. The van der Waals surface area contributed by atoms with Gasteiger partial charge >= 0.3 is 0 Å². The zero-order valence-electron chi connectivity index (χ0n) is 16.0. The van der Waals surface area contributed by atoms with Gasteiger partial charge in [0.25, 0.3) is 5.91 Å². The van der Waals surface area contributed by atoms with Crippen molar-refractivity contribution in [3.8, 4) is 34.3 Å². The van der Waals surface area contributed by atoms with E-state index in [9.17, 15) is 10.1 Å². The minimum Gasteiger partial charge on any atom is -0.480 e. The molecule has 1 aromatic carbocycles. The third kappa shape index (κ3) is 3.06. The van der Waals surface area contributed by atoms with Crippen LogP contribution in [0.1, 0.15) is 15.9 Å². The maximum Gasteiger partial charge on any atom is 0.251 e. The molecule has 9 heteroatoms. The smallest absolute Gasteiger partial charge is 0.251 e. The molecule has 1 N–H and O–H groups in total. The number of imidazole rings is 1. The predicted octanol–water partition coefficient (Wildman–Crippen LogP) is 2.04. The molecule has 0 atom stereocenters. The van der Waals surface area contributed by atoms with Crippen molar-refractivity contribution in [2.24, 2.45) is 7.05 Å². The first-order valence-corrected chi connectivity index (χ1v) is 8.74. The van der Waals surface area contributed by atoms with E-state index in [0.717, 1.165) is 11.1 Å². The van der Waals surface area contributed by atoms with Gasteiger partial charge < -0.3 is 10.1 Å². The van der Waals surface area contributed by atoms with E-state index in [-0.39, 0.29) is 5.91 Å². The Labute approximate surface area is 166 Å². The van der Waals surface area contributed by atoms with Crippen LogP contribution in [0.4, 0.5) is 0 Å². The topological polar surface area (TPSA) is 110 Å². The highest BCUT2D eigenvalue weighted by Gasteiger charge is 2.18. The van der Waals surface area contributed by atoms with Crippen LogP contribution in [-0.4, -0.2) is 44.4 Å². The fraction of sp³-hybridized carbons (Fsp3) is 0.150. The third-order valence-corrected chi connectivity index (χ3v) is 4.57. The molecule has 9 nitrogen and oxygen atoms in total. The van der Waals surface area contributed by atoms with E-state index in [1.807, 2.05) is 19.3 Å². The van der Waals surface area contributed by atoms with Gasteiger partial charge in [-0.05, 0) is 24.3 Å². The maximum atomic E-state index is 12.0. The fourth-order valence-corrected chi connectivity index (χ4v) is 3.14. The first-order chi connectivity index (χ1) is 14.0. The summed E-state index contributed by atoms with van der Waals surface area (Å²) < 4.78 is 8.78. The number of nitriles is 1. The summed E-state index contributed by atoms with van der Waals surface area (Å²) in [7, 11) is 4.93. The number of amides is 1. The van der Waals surface area contributed by atoms with E-state index >= 15 is 0 Å². The summed E-state index contributed by atoms with van der Waals surface area (Å²) in [4.78, 5) is 16.5. The van der Waals surface area contributed by atoms with Crippen LogP contribution in [0, 0.1) is 11.3 Å². The van der Waals surface area contributed by atoms with Crippen molar-refractivity contribution in [3.63, 3.8) is 0 Å². The summed E-state index contributed by atoms with van der Waals surface area (Å²) >= 11 is 0. The third-order valence-electron chi connectivity index (χ3n) is 4.57. The highest BCUT2D eigenvalue weighted by molar-refractivity contribution is 5.95. The van der Waals surface area contributed by atoms with Crippen LogP contribution in [0.15, 0.2) is 42.9 Å². The largest absolute Gasteiger partial charge is 0.480 e. The highest BCUT2D eigenvalue weighted by atomic mass is 16.5. The molecule has 1 amide bonds. The second-order valence-corrected chi connectivity index (χ2v) is 6.33. The molecule has 0 unspecified atom stereocenters. The molecule has 4 rings (SSSR count). The van der Waals surface area contributed by atoms with Crippen LogP contribution in [-0.2, 0) is 7.05 Å². The van der Waals surface area contributed by atoms with Crippen molar-refractivity contribution in [2.75, 3.05) is 14.2 Å². The van der Waals surface area contributed by atoms with Gasteiger partial charge in [-0.25, -0.2) is 9.50 Å². The van der Waals surface area contributed by atoms with Gasteiger partial charge in [0.1, 0.15) is 0 Å². The standard InChI is InChI=1S/C20H17N7O2/c1-22-19(28)12-4-5-13(8-21)15(6-12)17-10-23-18-7-16(14-9-24-26(2)11-14)20(29-3)25-27(17)18/h4-7,9-11H,1-3H3,(H,22,28). The van der Waals surface area contributed by atoms with E-state index < -0.39 is 0 Å². The second kappa shape index (κ2) is 7.09. The van der Waals surface area contributed by atoms with Gasteiger partial charge in [-0.15, -0.1) is 5.10 Å². The molecule has 0 spiro atoms. The number of hydrogen-bond donors (Lipinski definition) is 1. The SMILES string of the molecule is CNC(=O)c1ccc(C#N)c(-c2cnc3cc(-c4cnn(C)c4)c(OC)nn23)c1. The van der Waals surface area contributed by atoms with Crippen molar-refractivity contribution >= 4 is 11.6 Å². The zero-order valence-corrected chi connectivity index (χ0v) is 16.0. The number of nitrogens with one attached hydrogen (secondary N) is 1. The van der Waals surface area contributed by atoms with E-state index in [0.29, 0.717) is 33.9 Å². The Balaban J connectivity index is 1.93. The van der Waals surface area contributed by atoms with Gasteiger partial charge in [-0.1, -0.05) is 0 Å². The Morgan fingerprint density at radius 1 is 1.24 bits per heavy atom. The van der Waals surface area contributed by atoms with Crippen molar-refractivity contribution in [2.45, 2.75) is 0 Å². The summed E-state index contributed by atoms with van der Waals surface area (Å²) in [5.74, 6) is 0.152. The minimum atomic E-state index is -0.242. The van der Waals surface area contributed by atoms with Crippen LogP contribution in [0.25, 0.3) is 28.0 Å². The lowest BCUT2D eigenvalue weighted by molar-refractivity contribution is 0.0963. The number of ether oxygens (including phenoxy) is 1. The Bertz CT molecular complexity index is 1280. The quantitative estimate of drug-likeness (QED) is 0.574. The number of aromatic nitrogens is 5. The Hall–Kier alpha value is -4.19. The van der Waals surface area contributed by atoms with Gasteiger partial charge in [0.05, 0.1) is 42.4 Å². The number of hydrogen-bond acceptors (Lipinski definition) is 6. The zero-order chi connectivity index (χ0) is 20.5. The highest BCUT2D eigenvalue weighted by Crippen LogP contribution is 2.31. The average Bonchev–Trinajstić information content (AvgIpc) is 3.37. The van der Waals surface area contributed by atoms with Crippen molar-refractivity contribution in [1.82, 2.24) is 29.7 Å². The lowest BCUT2D eigenvalue weighted by atomic mass is 10.0. The number of nitrogens with zero attached hydrogens (tertiary/aromatic N) is 6. The van der Waals surface area contributed by atoms with Crippen molar-refractivity contribution < 1.29 is 9.53 Å². The number of aryl methyl sites for hydroxylation is 1. The summed E-state index contributed by atoms with van der Waals surface area (Å²) in [5, 5.41) is 20.9. The summed E-state index contributed by atoms with van der Waals surface area (Å²) in [6, 6.07) is 8.88. The number of methoxy groups -OCH3 is 1. The number of fused-ring (bicyclic) bond motifs is 1. The predicted molar refractivity (Wildman–Crippen MR) is 105 cm³/mol. The molecule has 0 saturated heterocycles. The molecule has 0 aliphatic heterocycles. The monoisotopic (exact) mass is 387 g/mol. The molecule has 0 bridgehead atoms. The lowest BCUT2D eigenvalue weighted by Crippen LogP contribution is -2.17. The molecule has 4 aromatic rings. The maximum absolute atomic E-state index is 12.0. The van der Waals surface area contributed by atoms with Crippen LogP contribution in [0.3, 0.4) is 0 Å². The molecule has 3 heterocycles. The normalized spacial score (nSPS) is 10.7. The first-order valence-electron chi connectivity index (χ1n) is 8.74. The molecule has 144 valence electrons. The number of carbonyl (C=O) groups is 1. The Morgan fingerprint density at radius 2 is 2.07 bits per heavy atom. The van der Waals surface area contributed by atoms with Gasteiger partial charge in [-0.3, -0.25) is 9.48 Å². The van der Waals surface area contributed by atoms with Crippen molar-refractivity contribution in [3.05, 3.63) is 54.0 Å². The van der Waals surface area contributed by atoms with Gasteiger partial charge in [0, 0.05) is 37.0 Å². The van der Waals surface area contributed by atoms with Crippen LogP contribution < -0.4 is 10.1 Å². The van der Waals surface area contributed by atoms with Gasteiger partial charge in [0.2, 0.25) is 5.88 Å². The second-order valence-electron chi connectivity index (χ2n) is 6.33. The fourth-order valence-electron chi connectivity index (χ4n) is 3.14. The summed E-state index contributed by atoms with van der Waals surface area (Å²) in [6.07, 6.45) is 5.21. The molecule has 0 aliphatic rings. The Kier molecular flexibility index (Phi) is 4.44. The molecular formula is C20H17N7O2. The number of carbonyl (C=O) groups excluding carboxylic acids is 1. The lowest BCUT2D eigenvalue weighted by Gasteiger charge is -2.09. The molecule has 0 aliphatic carbocycles. The molecule has 0 fully saturated rings. The number of rotatable bonds is 4. The van der Waals surface area contributed by atoms with E-state index in [1.165, 1.54) is 7.11 Å². The molecule has 0 saturated carbocycles. The minimum absolute atomic E-state index is 0.242. The first kappa shape index (κ1) is 18.2. The Morgan fingerprint density at radius 3 is 2.72 bits per heavy atom. The number of benzene rings is 1. The van der Waals surface area contributed by atoms with Gasteiger partial charge in [-0.2, -0.15) is 10.4 Å². The molecular weight excluding hydrogens is 370 g/mol. The van der Waals surface area contributed by atoms with E-state index in [2.05, 4.69) is 26.6 Å². The average molecular weight is 387 g/mol. The summed E-state index contributed by atoms with van der Waals surface area (Å²) in [6.45, 7) is 0. The van der Waals surface area contributed by atoms with E-state index in [4.69, 9.17) is 4.74 Å². The van der Waals surface area contributed by atoms with Crippen LogP contribution >= 0.6 is 0 Å². The summed E-state index contributed by atoms with van der Waals surface area (Å²) in [5.41, 5.74) is 4.18. The van der Waals surface area contributed by atoms with Crippen LogP contribution in [0.2, 0.25) is 0 Å². The van der Waals surface area contributed by atoms with E-state index in [1.54, 1.807) is 46.8 Å². The van der Waals surface area contributed by atoms with Gasteiger partial charge in [0.15, 0.2) is 5.65 Å². The molecule has 3 aromatic heterocycles. The molecule has 29 heavy (non-hydrogen) atoms. The van der Waals surface area contributed by atoms with Crippen LogP contribution in [0.5, 0.6) is 5.88 Å².